The first kappa shape index (κ1) is 15.3. The van der Waals surface area contributed by atoms with Crippen molar-refractivity contribution in [2.24, 2.45) is 4.99 Å². The largest absolute Gasteiger partial charge is 0.493 e. The zero-order chi connectivity index (χ0) is 17.2. The first-order valence-electron chi connectivity index (χ1n) is 7.80. The van der Waals surface area contributed by atoms with Crippen molar-refractivity contribution in [1.82, 2.24) is 0 Å². The summed E-state index contributed by atoms with van der Waals surface area (Å²) in [4.78, 5) is 16.4. The minimum Gasteiger partial charge on any atom is -0.493 e. The molecule has 0 aliphatic carbocycles. The minimum atomic E-state index is -0.493. The molecule has 126 valence electrons. The Kier molecular flexibility index (Phi) is 3.85. The number of rotatable bonds is 3. The fourth-order valence-electron chi connectivity index (χ4n) is 2.65. The van der Waals surface area contributed by atoms with Gasteiger partial charge in [-0.2, -0.15) is 0 Å². The predicted molar refractivity (Wildman–Crippen MR) is 91.0 cm³/mol. The predicted octanol–water partition coefficient (Wildman–Crippen LogP) is 2.81. The Morgan fingerprint density at radius 2 is 1.92 bits per heavy atom. The van der Waals surface area contributed by atoms with Crippen molar-refractivity contribution < 1.29 is 23.7 Å². The number of nitrogens with zero attached hydrogens (tertiary/aromatic N) is 1. The van der Waals surface area contributed by atoms with Gasteiger partial charge in [0, 0.05) is 5.56 Å². The molecule has 0 fully saturated rings. The van der Waals surface area contributed by atoms with Crippen LogP contribution in [0.25, 0.3) is 6.08 Å². The maximum atomic E-state index is 12.1. The number of carbonyl (C=O) groups excluding carboxylic acids is 1. The molecule has 4 rings (SSSR count). The Balaban J connectivity index is 1.71. The van der Waals surface area contributed by atoms with E-state index in [1.807, 2.05) is 30.3 Å². The zero-order valence-corrected chi connectivity index (χ0v) is 13.5. The van der Waals surface area contributed by atoms with E-state index in [0.717, 1.165) is 5.56 Å². The average Bonchev–Trinajstić information content (AvgIpc) is 3.02. The van der Waals surface area contributed by atoms with Gasteiger partial charge >= 0.3 is 5.97 Å². The second kappa shape index (κ2) is 6.32. The van der Waals surface area contributed by atoms with Crippen LogP contribution in [0, 0.1) is 0 Å². The Bertz CT molecular complexity index is 869. The Morgan fingerprint density at radius 1 is 1.12 bits per heavy atom. The Labute approximate surface area is 144 Å². The summed E-state index contributed by atoms with van der Waals surface area (Å²) in [6, 6.07) is 12.8. The van der Waals surface area contributed by atoms with Crippen LogP contribution in [0.3, 0.4) is 0 Å². The lowest BCUT2D eigenvalue weighted by Gasteiger charge is -2.20. The van der Waals surface area contributed by atoms with E-state index in [9.17, 15) is 4.79 Å². The molecule has 0 saturated carbocycles. The number of benzene rings is 2. The first-order valence-corrected chi connectivity index (χ1v) is 7.80. The molecule has 2 heterocycles. The SMILES string of the molecule is COc1cc(/C=C2/N=C(c3ccccc3)OC2=O)cc2c1OCCO2. The molecule has 0 aromatic heterocycles. The molecule has 0 saturated heterocycles. The first-order chi connectivity index (χ1) is 12.2. The van der Waals surface area contributed by atoms with Gasteiger partial charge in [0.1, 0.15) is 13.2 Å². The van der Waals surface area contributed by atoms with Crippen molar-refractivity contribution >= 4 is 17.9 Å². The van der Waals surface area contributed by atoms with Gasteiger partial charge in [0.2, 0.25) is 11.6 Å². The number of carbonyl (C=O) groups is 1. The van der Waals surface area contributed by atoms with Crippen LogP contribution in [0.1, 0.15) is 11.1 Å². The maximum absolute atomic E-state index is 12.1. The number of esters is 1. The Morgan fingerprint density at radius 3 is 2.72 bits per heavy atom. The van der Waals surface area contributed by atoms with Crippen molar-refractivity contribution in [2.45, 2.75) is 0 Å². The van der Waals surface area contributed by atoms with Gasteiger partial charge in [-0.25, -0.2) is 9.79 Å². The number of aliphatic imine (C=N–C) groups is 1. The van der Waals surface area contributed by atoms with Crippen LogP contribution < -0.4 is 14.2 Å². The summed E-state index contributed by atoms with van der Waals surface area (Å²) >= 11 is 0. The van der Waals surface area contributed by atoms with E-state index in [-0.39, 0.29) is 5.70 Å². The number of hydrogen-bond donors (Lipinski definition) is 0. The molecular formula is C19H15NO5. The quantitative estimate of drug-likeness (QED) is 0.636. The molecule has 0 spiro atoms. The van der Waals surface area contributed by atoms with Crippen LogP contribution in [-0.4, -0.2) is 32.2 Å². The molecule has 6 nitrogen and oxygen atoms in total. The fourth-order valence-corrected chi connectivity index (χ4v) is 2.65. The van der Waals surface area contributed by atoms with Gasteiger partial charge in [-0.1, -0.05) is 18.2 Å². The van der Waals surface area contributed by atoms with E-state index in [4.69, 9.17) is 18.9 Å². The van der Waals surface area contributed by atoms with Crippen LogP contribution >= 0.6 is 0 Å². The lowest BCUT2D eigenvalue weighted by atomic mass is 10.1. The summed E-state index contributed by atoms with van der Waals surface area (Å²) < 4.78 is 21.8. The fraction of sp³-hybridized carbons (Fsp3) is 0.158. The van der Waals surface area contributed by atoms with Gasteiger partial charge in [-0.15, -0.1) is 0 Å². The molecule has 2 aliphatic rings. The van der Waals surface area contributed by atoms with E-state index in [1.54, 1.807) is 25.3 Å². The standard InChI is InChI=1S/C19H15NO5/c1-22-15-10-12(11-16-17(15)24-8-7-23-16)9-14-19(21)25-18(20-14)13-5-3-2-4-6-13/h2-6,9-11H,7-8H2,1H3/b14-9+. The molecule has 2 aliphatic heterocycles. The molecule has 0 radical (unpaired) electrons. The summed E-state index contributed by atoms with van der Waals surface area (Å²) in [7, 11) is 1.56. The summed E-state index contributed by atoms with van der Waals surface area (Å²) in [5.74, 6) is 1.49. The molecular weight excluding hydrogens is 322 g/mol. The normalized spacial score (nSPS) is 17.2. The van der Waals surface area contributed by atoms with E-state index in [1.165, 1.54) is 0 Å². The van der Waals surface area contributed by atoms with E-state index in [2.05, 4.69) is 4.99 Å². The van der Waals surface area contributed by atoms with Gasteiger partial charge < -0.3 is 18.9 Å². The zero-order valence-electron chi connectivity index (χ0n) is 13.5. The highest BCUT2D eigenvalue weighted by Gasteiger charge is 2.25. The smallest absolute Gasteiger partial charge is 0.363 e. The monoisotopic (exact) mass is 337 g/mol. The van der Waals surface area contributed by atoms with Gasteiger partial charge in [0.25, 0.3) is 0 Å². The number of fused-ring (bicyclic) bond motifs is 1. The highest BCUT2D eigenvalue weighted by molar-refractivity contribution is 6.12. The van der Waals surface area contributed by atoms with Crippen LogP contribution in [0.4, 0.5) is 0 Å². The Hall–Kier alpha value is -3.28. The van der Waals surface area contributed by atoms with Gasteiger partial charge in [-0.05, 0) is 35.9 Å². The molecule has 6 heteroatoms. The molecule has 2 aromatic carbocycles. The van der Waals surface area contributed by atoms with Gasteiger partial charge in [0.05, 0.1) is 7.11 Å². The van der Waals surface area contributed by atoms with Crippen molar-refractivity contribution in [2.75, 3.05) is 20.3 Å². The lowest BCUT2D eigenvalue weighted by molar-refractivity contribution is -0.129. The third kappa shape index (κ3) is 2.94. The van der Waals surface area contributed by atoms with Crippen LogP contribution in [0.5, 0.6) is 17.2 Å². The van der Waals surface area contributed by atoms with Gasteiger partial charge in [-0.3, -0.25) is 0 Å². The van der Waals surface area contributed by atoms with Crippen LogP contribution in [-0.2, 0) is 9.53 Å². The summed E-state index contributed by atoms with van der Waals surface area (Å²) in [6.07, 6.45) is 1.64. The summed E-state index contributed by atoms with van der Waals surface area (Å²) in [5.41, 5.74) is 1.68. The van der Waals surface area contributed by atoms with E-state index < -0.39 is 5.97 Å². The van der Waals surface area contributed by atoms with Gasteiger partial charge in [0.15, 0.2) is 17.2 Å². The molecule has 0 unspecified atom stereocenters. The third-order valence-corrected chi connectivity index (χ3v) is 3.79. The number of ether oxygens (including phenoxy) is 4. The van der Waals surface area contributed by atoms with Crippen LogP contribution in [0.15, 0.2) is 53.2 Å². The number of hydrogen-bond acceptors (Lipinski definition) is 6. The van der Waals surface area contributed by atoms with Crippen molar-refractivity contribution in [3.05, 3.63) is 59.3 Å². The molecule has 2 aromatic rings. The highest BCUT2D eigenvalue weighted by atomic mass is 16.6. The third-order valence-electron chi connectivity index (χ3n) is 3.79. The molecule has 0 atom stereocenters. The van der Waals surface area contributed by atoms with Crippen molar-refractivity contribution in [1.29, 1.82) is 0 Å². The summed E-state index contributed by atoms with van der Waals surface area (Å²) in [6.45, 7) is 0.940. The van der Waals surface area contributed by atoms with E-state index in [0.29, 0.717) is 41.9 Å². The minimum absolute atomic E-state index is 0.220. The van der Waals surface area contributed by atoms with Crippen LogP contribution in [0.2, 0.25) is 0 Å². The molecule has 0 amide bonds. The summed E-state index contributed by atoms with van der Waals surface area (Å²) in [5, 5.41) is 0. The second-order valence-electron chi connectivity index (χ2n) is 5.45. The topological polar surface area (TPSA) is 66.4 Å². The number of methoxy groups -OCH3 is 1. The highest BCUT2D eigenvalue weighted by Crippen LogP contribution is 2.41. The van der Waals surface area contributed by atoms with E-state index >= 15 is 0 Å². The lowest BCUT2D eigenvalue weighted by Crippen LogP contribution is -2.16. The number of cyclic esters (lactones) is 1. The average molecular weight is 337 g/mol. The maximum Gasteiger partial charge on any atom is 0.363 e. The molecule has 25 heavy (non-hydrogen) atoms. The second-order valence-corrected chi connectivity index (χ2v) is 5.45. The van der Waals surface area contributed by atoms with Crippen molar-refractivity contribution in [3.63, 3.8) is 0 Å². The molecule has 0 bridgehead atoms. The van der Waals surface area contributed by atoms with Crippen molar-refractivity contribution in [3.8, 4) is 17.2 Å². The molecule has 0 N–H and O–H groups in total.